The lowest BCUT2D eigenvalue weighted by atomic mass is 9.92. The van der Waals surface area contributed by atoms with E-state index in [-0.39, 0.29) is 23.7 Å². The summed E-state index contributed by atoms with van der Waals surface area (Å²) in [6, 6.07) is 21.5. The van der Waals surface area contributed by atoms with E-state index in [2.05, 4.69) is 32.7 Å². The third kappa shape index (κ3) is 3.82. The number of nitrogens with one attached hydrogen (secondary N) is 3. The molecule has 0 fully saturated rings. The highest BCUT2D eigenvalue weighted by Gasteiger charge is 2.35. The molecule has 8 heteroatoms. The van der Waals surface area contributed by atoms with Crippen molar-refractivity contribution in [3.63, 3.8) is 0 Å². The summed E-state index contributed by atoms with van der Waals surface area (Å²) >= 11 is 0. The largest absolute Gasteiger partial charge is 0.338 e. The number of anilines is 3. The molecule has 4 aromatic rings. The van der Waals surface area contributed by atoms with Gasteiger partial charge in [0.2, 0.25) is 17.8 Å². The number of amides is 2. The fourth-order valence-electron chi connectivity index (χ4n) is 4.96. The molecule has 3 aromatic carbocycles. The fraction of sp³-hybridized carbons (Fsp3) is 0.185. The molecule has 2 amide bonds. The van der Waals surface area contributed by atoms with Crippen LogP contribution in [0.25, 0.3) is 10.8 Å². The van der Waals surface area contributed by atoms with Crippen LogP contribution >= 0.6 is 0 Å². The molecule has 8 nitrogen and oxygen atoms in total. The molecule has 1 aromatic heterocycles. The van der Waals surface area contributed by atoms with Gasteiger partial charge in [0.1, 0.15) is 5.82 Å². The van der Waals surface area contributed by atoms with Gasteiger partial charge in [0.05, 0.1) is 11.5 Å². The minimum Gasteiger partial charge on any atom is -0.338 e. The Bertz CT molecular complexity index is 1540. The molecule has 174 valence electrons. The van der Waals surface area contributed by atoms with Crippen molar-refractivity contribution in [3.05, 3.63) is 93.8 Å². The van der Waals surface area contributed by atoms with Crippen molar-refractivity contribution in [3.8, 4) is 0 Å². The van der Waals surface area contributed by atoms with E-state index in [1.165, 1.54) is 11.1 Å². The standard InChI is InChI=1S/C27H23N5O3/c33-22-14-20(25(34)28-21-11-5-9-17-7-3-4-10-19(17)21)23-24(29-22)30-27(31-26(23)35)32-13-12-16-6-1-2-8-18(16)15-32/h1-11,20H,12-15H2,(H,28,34)(H2,29,30,31,33,35)/t20-/m1/s1. The predicted octanol–water partition coefficient (Wildman–Crippen LogP) is 3.55. The van der Waals surface area contributed by atoms with Gasteiger partial charge >= 0.3 is 0 Å². The number of hydrogen-bond acceptors (Lipinski definition) is 5. The van der Waals surface area contributed by atoms with Gasteiger partial charge < -0.3 is 15.5 Å². The predicted molar refractivity (Wildman–Crippen MR) is 135 cm³/mol. The number of hydrogen-bond donors (Lipinski definition) is 3. The van der Waals surface area contributed by atoms with Crippen LogP contribution in [0.5, 0.6) is 0 Å². The van der Waals surface area contributed by atoms with E-state index in [0.717, 1.165) is 17.2 Å². The summed E-state index contributed by atoms with van der Waals surface area (Å²) in [6.45, 7) is 1.30. The van der Waals surface area contributed by atoms with Gasteiger partial charge in [0, 0.05) is 30.6 Å². The minimum atomic E-state index is -0.940. The summed E-state index contributed by atoms with van der Waals surface area (Å²) in [5.74, 6) is -1.16. The summed E-state index contributed by atoms with van der Waals surface area (Å²) in [5.41, 5.74) is 2.86. The lowest BCUT2D eigenvalue weighted by Crippen LogP contribution is -2.38. The number of fused-ring (bicyclic) bond motifs is 3. The zero-order chi connectivity index (χ0) is 23.9. The van der Waals surface area contributed by atoms with Gasteiger partial charge in [-0.2, -0.15) is 4.98 Å². The second-order valence-electron chi connectivity index (χ2n) is 8.91. The Hall–Kier alpha value is -4.46. The Balaban J connectivity index is 1.32. The minimum absolute atomic E-state index is 0.120. The molecule has 0 saturated carbocycles. The zero-order valence-corrected chi connectivity index (χ0v) is 18.9. The van der Waals surface area contributed by atoms with Crippen molar-refractivity contribution in [1.82, 2.24) is 9.97 Å². The van der Waals surface area contributed by atoms with Crippen LogP contribution in [0, 0.1) is 0 Å². The van der Waals surface area contributed by atoms with E-state index in [9.17, 15) is 14.4 Å². The van der Waals surface area contributed by atoms with Crippen LogP contribution in [-0.4, -0.2) is 28.3 Å². The van der Waals surface area contributed by atoms with Gasteiger partial charge in [-0.25, -0.2) is 0 Å². The summed E-state index contributed by atoms with van der Waals surface area (Å²) < 4.78 is 0. The molecule has 6 rings (SSSR count). The number of nitrogens with zero attached hydrogens (tertiary/aromatic N) is 2. The Morgan fingerprint density at radius 3 is 2.63 bits per heavy atom. The van der Waals surface area contributed by atoms with Crippen LogP contribution in [0.4, 0.5) is 17.5 Å². The average molecular weight is 466 g/mol. The summed E-state index contributed by atoms with van der Waals surface area (Å²) in [6.07, 6.45) is 0.712. The van der Waals surface area contributed by atoms with E-state index in [1.54, 1.807) is 0 Å². The van der Waals surface area contributed by atoms with E-state index in [0.29, 0.717) is 24.7 Å². The molecule has 0 aliphatic carbocycles. The lowest BCUT2D eigenvalue weighted by Gasteiger charge is -2.30. The van der Waals surface area contributed by atoms with Crippen LogP contribution in [0.3, 0.4) is 0 Å². The van der Waals surface area contributed by atoms with E-state index in [1.807, 2.05) is 59.5 Å². The molecule has 0 unspecified atom stereocenters. The molecule has 2 aliphatic rings. The van der Waals surface area contributed by atoms with Gasteiger partial charge in [-0.3, -0.25) is 19.4 Å². The Morgan fingerprint density at radius 1 is 0.971 bits per heavy atom. The van der Waals surface area contributed by atoms with Crippen LogP contribution in [0.1, 0.15) is 29.0 Å². The molecular weight excluding hydrogens is 442 g/mol. The molecule has 3 N–H and O–H groups in total. The molecule has 0 radical (unpaired) electrons. The summed E-state index contributed by atoms with van der Waals surface area (Å²) in [7, 11) is 0. The summed E-state index contributed by atoms with van der Waals surface area (Å²) in [4.78, 5) is 48.4. The Labute approximate surface area is 201 Å². The Morgan fingerprint density at radius 2 is 1.74 bits per heavy atom. The molecule has 35 heavy (non-hydrogen) atoms. The first-order chi connectivity index (χ1) is 17.1. The van der Waals surface area contributed by atoms with Crippen LogP contribution in [0.15, 0.2) is 71.5 Å². The molecule has 1 atom stereocenters. The second-order valence-corrected chi connectivity index (χ2v) is 8.91. The number of carbonyl (C=O) groups is 2. The number of aromatic nitrogens is 2. The first-order valence-electron chi connectivity index (χ1n) is 11.6. The van der Waals surface area contributed by atoms with E-state index >= 15 is 0 Å². The Kier molecular flexibility index (Phi) is 5.06. The SMILES string of the molecule is O=C1C[C@@H](C(=O)Nc2cccc3ccccc23)c2c(nc(N3CCc4ccccc4C3)[nH]c2=O)N1. The molecule has 3 heterocycles. The number of aromatic amines is 1. The molecule has 0 spiro atoms. The molecule has 0 bridgehead atoms. The first kappa shape index (κ1) is 21.1. The maximum atomic E-state index is 13.3. The second kappa shape index (κ2) is 8.39. The first-order valence-corrected chi connectivity index (χ1v) is 11.6. The van der Waals surface area contributed by atoms with E-state index in [4.69, 9.17) is 0 Å². The highest BCUT2D eigenvalue weighted by atomic mass is 16.2. The number of rotatable bonds is 3. The van der Waals surface area contributed by atoms with Crippen LogP contribution in [0.2, 0.25) is 0 Å². The zero-order valence-electron chi connectivity index (χ0n) is 18.9. The molecule has 2 aliphatic heterocycles. The average Bonchev–Trinajstić information content (AvgIpc) is 2.87. The summed E-state index contributed by atoms with van der Waals surface area (Å²) in [5, 5.41) is 7.49. The van der Waals surface area contributed by atoms with Crippen molar-refractivity contribution in [1.29, 1.82) is 0 Å². The van der Waals surface area contributed by atoms with Gasteiger partial charge in [-0.05, 0) is 29.0 Å². The van der Waals surface area contributed by atoms with E-state index < -0.39 is 17.4 Å². The normalized spacial score (nSPS) is 16.9. The topological polar surface area (TPSA) is 107 Å². The van der Waals surface area contributed by atoms with Crippen LogP contribution in [-0.2, 0) is 22.6 Å². The maximum absolute atomic E-state index is 13.3. The number of carbonyl (C=O) groups excluding carboxylic acids is 2. The third-order valence-corrected chi connectivity index (χ3v) is 6.73. The van der Waals surface area contributed by atoms with Gasteiger partial charge in [-0.15, -0.1) is 0 Å². The lowest BCUT2D eigenvalue weighted by molar-refractivity contribution is -0.123. The molecular formula is C27H23N5O3. The van der Waals surface area contributed by atoms with Crippen molar-refractivity contribution >= 4 is 40.0 Å². The van der Waals surface area contributed by atoms with Crippen molar-refractivity contribution < 1.29 is 9.59 Å². The van der Waals surface area contributed by atoms with Crippen molar-refractivity contribution in [2.45, 2.75) is 25.3 Å². The highest BCUT2D eigenvalue weighted by molar-refractivity contribution is 6.08. The van der Waals surface area contributed by atoms with Gasteiger partial charge in [0.15, 0.2) is 0 Å². The monoisotopic (exact) mass is 465 g/mol. The van der Waals surface area contributed by atoms with Crippen molar-refractivity contribution in [2.75, 3.05) is 22.1 Å². The fourth-order valence-corrected chi connectivity index (χ4v) is 4.96. The number of benzene rings is 3. The van der Waals surface area contributed by atoms with Gasteiger partial charge in [-0.1, -0.05) is 60.7 Å². The van der Waals surface area contributed by atoms with Crippen LogP contribution < -0.4 is 21.1 Å². The third-order valence-electron chi connectivity index (χ3n) is 6.73. The number of H-pyrrole nitrogens is 1. The maximum Gasteiger partial charge on any atom is 0.258 e. The quantitative estimate of drug-likeness (QED) is 0.429. The van der Waals surface area contributed by atoms with Crippen molar-refractivity contribution in [2.24, 2.45) is 0 Å². The smallest absolute Gasteiger partial charge is 0.258 e. The molecule has 0 saturated heterocycles. The van der Waals surface area contributed by atoms with Gasteiger partial charge in [0.25, 0.3) is 5.56 Å². The highest BCUT2D eigenvalue weighted by Crippen LogP contribution is 2.32.